The van der Waals surface area contributed by atoms with Gasteiger partial charge in [0.2, 0.25) is 5.91 Å². The molecule has 0 aromatic heterocycles. The predicted molar refractivity (Wildman–Crippen MR) is 104 cm³/mol. The molecule has 6 nitrogen and oxygen atoms in total. The summed E-state index contributed by atoms with van der Waals surface area (Å²) < 4.78 is 5.30. The van der Waals surface area contributed by atoms with E-state index >= 15 is 0 Å². The van der Waals surface area contributed by atoms with Crippen LogP contribution >= 0.6 is 0 Å². The molecule has 1 aliphatic heterocycles. The number of hydrogen-bond donors (Lipinski definition) is 1. The number of nitrogens with zero attached hydrogens (tertiary/aromatic N) is 2. The maximum Gasteiger partial charge on any atom is 0.407 e. The summed E-state index contributed by atoms with van der Waals surface area (Å²) in [6, 6.07) is 10.3. The van der Waals surface area contributed by atoms with Gasteiger partial charge in [-0.05, 0) is 51.1 Å². The summed E-state index contributed by atoms with van der Waals surface area (Å²) in [5, 5.41) is 2.98. The Bertz CT molecular complexity index is 608. The van der Waals surface area contributed by atoms with Gasteiger partial charge in [-0.25, -0.2) is 4.79 Å². The van der Waals surface area contributed by atoms with E-state index in [1.807, 2.05) is 42.3 Å². The van der Waals surface area contributed by atoms with Gasteiger partial charge in [-0.15, -0.1) is 0 Å². The highest BCUT2D eigenvalue weighted by molar-refractivity contribution is 5.78. The zero-order valence-corrected chi connectivity index (χ0v) is 16.2. The molecule has 0 unspecified atom stereocenters. The number of nitrogens with one attached hydrogen (secondary N) is 1. The van der Waals surface area contributed by atoms with Crippen molar-refractivity contribution in [3.8, 4) is 0 Å². The van der Waals surface area contributed by atoms with Crippen LogP contribution < -0.4 is 5.32 Å². The van der Waals surface area contributed by atoms with Crippen molar-refractivity contribution in [2.75, 3.05) is 26.7 Å². The maximum absolute atomic E-state index is 12.3. The van der Waals surface area contributed by atoms with Crippen molar-refractivity contribution in [2.45, 2.75) is 57.2 Å². The molecule has 0 radical (unpaired) electrons. The van der Waals surface area contributed by atoms with E-state index in [0.29, 0.717) is 19.2 Å². The van der Waals surface area contributed by atoms with Crippen molar-refractivity contribution < 1.29 is 14.3 Å². The van der Waals surface area contributed by atoms with Crippen molar-refractivity contribution in [1.29, 1.82) is 0 Å². The number of amides is 2. The highest BCUT2D eigenvalue weighted by atomic mass is 16.5. The van der Waals surface area contributed by atoms with E-state index in [-0.39, 0.29) is 18.0 Å². The normalized spacial score (nSPS) is 22.7. The average molecular weight is 373 g/mol. The van der Waals surface area contributed by atoms with E-state index in [0.717, 1.165) is 57.2 Å². The molecule has 1 saturated heterocycles. The number of hydrogen-bond acceptors (Lipinski definition) is 4. The van der Waals surface area contributed by atoms with Gasteiger partial charge in [0, 0.05) is 25.2 Å². The lowest BCUT2D eigenvalue weighted by molar-refractivity contribution is -0.131. The second-order valence-electron chi connectivity index (χ2n) is 7.71. The molecule has 3 rings (SSSR count). The van der Waals surface area contributed by atoms with Crippen LogP contribution in [-0.2, 0) is 16.1 Å². The van der Waals surface area contributed by atoms with Crippen molar-refractivity contribution in [1.82, 2.24) is 15.1 Å². The van der Waals surface area contributed by atoms with Crippen LogP contribution in [0.2, 0.25) is 0 Å². The van der Waals surface area contributed by atoms with Crippen molar-refractivity contribution >= 4 is 12.0 Å². The van der Waals surface area contributed by atoms with Crippen LogP contribution in [0.1, 0.15) is 44.1 Å². The summed E-state index contributed by atoms with van der Waals surface area (Å²) in [6.07, 6.45) is 5.75. The van der Waals surface area contributed by atoms with Crippen molar-refractivity contribution in [3.05, 3.63) is 35.9 Å². The van der Waals surface area contributed by atoms with Crippen LogP contribution in [0.4, 0.5) is 4.79 Å². The van der Waals surface area contributed by atoms with Gasteiger partial charge >= 0.3 is 6.09 Å². The third-order valence-electron chi connectivity index (χ3n) is 5.70. The minimum absolute atomic E-state index is 0.159. The maximum atomic E-state index is 12.3. The number of ether oxygens (including phenoxy) is 1. The lowest BCUT2D eigenvalue weighted by Gasteiger charge is -2.35. The first kappa shape index (κ1) is 19.7. The fourth-order valence-corrected chi connectivity index (χ4v) is 4.00. The molecule has 1 aliphatic carbocycles. The van der Waals surface area contributed by atoms with Gasteiger partial charge in [0.25, 0.3) is 0 Å². The lowest BCUT2D eigenvalue weighted by atomic mass is 9.90. The number of alkyl carbamates (subject to hydrolysis) is 1. The minimum atomic E-state index is -0.347. The van der Waals surface area contributed by atoms with Gasteiger partial charge in [0.15, 0.2) is 0 Å². The lowest BCUT2D eigenvalue weighted by Crippen LogP contribution is -2.46. The Morgan fingerprint density at radius 3 is 2.44 bits per heavy atom. The number of carbonyl (C=O) groups excluding carboxylic acids is 2. The molecule has 1 heterocycles. The summed E-state index contributed by atoms with van der Waals surface area (Å²) in [4.78, 5) is 28.5. The van der Waals surface area contributed by atoms with Gasteiger partial charge in [0.1, 0.15) is 6.61 Å². The molecule has 2 aliphatic rings. The van der Waals surface area contributed by atoms with Crippen LogP contribution in [0.25, 0.3) is 0 Å². The first-order chi connectivity index (χ1) is 13.1. The third kappa shape index (κ3) is 5.96. The number of likely N-dealkylation sites (N-methyl/N-ethyl adjacent to an activating group) is 1. The number of likely N-dealkylation sites (tertiary alicyclic amines) is 1. The zero-order valence-electron chi connectivity index (χ0n) is 16.2. The second-order valence-corrected chi connectivity index (χ2v) is 7.71. The fraction of sp³-hybridized carbons (Fsp3) is 0.619. The van der Waals surface area contributed by atoms with Crippen LogP contribution in [0.3, 0.4) is 0 Å². The van der Waals surface area contributed by atoms with Gasteiger partial charge in [-0.3, -0.25) is 9.69 Å². The molecular weight excluding hydrogens is 342 g/mol. The Balaban J connectivity index is 1.34. The molecule has 1 N–H and O–H groups in total. The first-order valence-corrected chi connectivity index (χ1v) is 10.1. The molecule has 1 aromatic rings. The van der Waals surface area contributed by atoms with E-state index in [4.69, 9.17) is 4.74 Å². The highest BCUT2D eigenvalue weighted by Crippen LogP contribution is 2.23. The van der Waals surface area contributed by atoms with Gasteiger partial charge in [-0.1, -0.05) is 30.3 Å². The molecule has 0 atom stereocenters. The molecule has 2 fully saturated rings. The summed E-state index contributed by atoms with van der Waals surface area (Å²) in [6.45, 7) is 2.62. The highest BCUT2D eigenvalue weighted by Gasteiger charge is 2.27. The Hall–Kier alpha value is -2.08. The molecule has 6 heteroatoms. The first-order valence-electron chi connectivity index (χ1n) is 10.1. The van der Waals surface area contributed by atoms with E-state index in [9.17, 15) is 9.59 Å². The second kappa shape index (κ2) is 9.74. The van der Waals surface area contributed by atoms with Gasteiger partial charge < -0.3 is 15.0 Å². The van der Waals surface area contributed by atoms with Crippen LogP contribution in [0.5, 0.6) is 0 Å². The SMILES string of the molecule is CN(CC(=O)N1CCCC1)[C@H]1CC[C@H](NC(=O)OCc2ccccc2)CC1. The Morgan fingerprint density at radius 2 is 1.78 bits per heavy atom. The molecule has 2 amide bonds. The smallest absolute Gasteiger partial charge is 0.407 e. The van der Waals surface area contributed by atoms with Gasteiger partial charge in [0.05, 0.1) is 6.54 Å². The summed E-state index contributed by atoms with van der Waals surface area (Å²) in [5.74, 6) is 0.250. The molecule has 148 valence electrons. The number of rotatable bonds is 6. The van der Waals surface area contributed by atoms with E-state index in [2.05, 4.69) is 10.2 Å². The van der Waals surface area contributed by atoms with E-state index in [1.54, 1.807) is 0 Å². The third-order valence-corrected chi connectivity index (χ3v) is 5.70. The summed E-state index contributed by atoms with van der Waals surface area (Å²) in [5.41, 5.74) is 0.987. The van der Waals surface area contributed by atoms with E-state index < -0.39 is 0 Å². The van der Waals surface area contributed by atoms with E-state index in [1.165, 1.54) is 0 Å². The summed E-state index contributed by atoms with van der Waals surface area (Å²) >= 11 is 0. The molecule has 1 aromatic carbocycles. The summed E-state index contributed by atoms with van der Waals surface area (Å²) in [7, 11) is 2.04. The molecule has 27 heavy (non-hydrogen) atoms. The van der Waals surface area contributed by atoms with Crippen LogP contribution in [0, 0.1) is 0 Å². The monoisotopic (exact) mass is 373 g/mol. The van der Waals surface area contributed by atoms with Crippen LogP contribution in [-0.4, -0.2) is 60.6 Å². The quantitative estimate of drug-likeness (QED) is 0.833. The fourth-order valence-electron chi connectivity index (χ4n) is 4.00. The Morgan fingerprint density at radius 1 is 1.11 bits per heavy atom. The molecule has 1 saturated carbocycles. The molecular formula is C21H31N3O3. The zero-order chi connectivity index (χ0) is 19.1. The van der Waals surface area contributed by atoms with Crippen molar-refractivity contribution in [2.24, 2.45) is 0 Å². The average Bonchev–Trinajstić information content (AvgIpc) is 3.23. The van der Waals surface area contributed by atoms with Gasteiger partial charge in [-0.2, -0.15) is 0 Å². The Kier molecular flexibility index (Phi) is 7.10. The van der Waals surface area contributed by atoms with Crippen LogP contribution in [0.15, 0.2) is 30.3 Å². The largest absolute Gasteiger partial charge is 0.445 e. The standard InChI is InChI=1S/C21H31N3O3/c1-23(15-20(25)24-13-5-6-14-24)19-11-9-18(10-12-19)22-21(26)27-16-17-7-3-2-4-8-17/h2-4,7-8,18-19H,5-6,9-16H2,1H3,(H,22,26)/t18-,19-. The number of carbonyl (C=O) groups is 2. The molecule has 0 spiro atoms. The predicted octanol–water partition coefficient (Wildman–Crippen LogP) is 2.78. The Labute approximate surface area is 161 Å². The topological polar surface area (TPSA) is 61.9 Å². The molecule has 0 bridgehead atoms. The van der Waals surface area contributed by atoms with Crippen molar-refractivity contribution in [3.63, 3.8) is 0 Å². The number of benzene rings is 1. The minimum Gasteiger partial charge on any atom is -0.445 e.